The van der Waals surface area contributed by atoms with Crippen molar-refractivity contribution in [1.82, 2.24) is 5.32 Å². The smallest absolute Gasteiger partial charge is 0.319 e. The molecule has 1 aromatic rings. The third-order valence-corrected chi connectivity index (χ3v) is 3.31. The maximum absolute atomic E-state index is 12.1. The lowest BCUT2D eigenvalue weighted by atomic mass is 9.95. The highest BCUT2D eigenvalue weighted by Gasteiger charge is 2.28. The summed E-state index contributed by atoms with van der Waals surface area (Å²) in [6, 6.07) is 6.71. The Hall–Kier alpha value is -2.24. The van der Waals surface area contributed by atoms with Gasteiger partial charge in [0.25, 0.3) is 0 Å². The molecule has 116 valence electrons. The summed E-state index contributed by atoms with van der Waals surface area (Å²) < 4.78 is 9.82. The summed E-state index contributed by atoms with van der Waals surface area (Å²) in [6.07, 6.45) is 0.709. The van der Waals surface area contributed by atoms with E-state index in [0.717, 1.165) is 0 Å². The van der Waals surface area contributed by atoms with Gasteiger partial charge in [-0.05, 0) is 25.5 Å². The molecule has 21 heavy (non-hydrogen) atoms. The van der Waals surface area contributed by atoms with Gasteiger partial charge in [0.1, 0.15) is 5.75 Å². The third-order valence-electron chi connectivity index (χ3n) is 3.31. The predicted molar refractivity (Wildman–Crippen MR) is 80.5 cm³/mol. The van der Waals surface area contributed by atoms with Crippen molar-refractivity contribution >= 4 is 17.7 Å². The standard InChI is InChI=1S/C15H22N2O4/c1-5-15(2,10-13(18)21-4)17-14(19)16-11-8-6-7-9-12(11)20-3/h6-9H,5,10H2,1-4H3,(H2,16,17,19)/t15-/m1/s1. The van der Waals surface area contributed by atoms with Gasteiger partial charge in [-0.25, -0.2) is 4.79 Å². The number of ether oxygens (including phenoxy) is 2. The van der Waals surface area contributed by atoms with Gasteiger partial charge in [0.15, 0.2) is 0 Å². The zero-order valence-corrected chi connectivity index (χ0v) is 12.9. The molecule has 1 rings (SSSR count). The van der Waals surface area contributed by atoms with Crippen molar-refractivity contribution in [3.8, 4) is 5.75 Å². The Bertz CT molecular complexity index is 504. The molecule has 0 bridgehead atoms. The number of hydrogen-bond acceptors (Lipinski definition) is 4. The highest BCUT2D eigenvalue weighted by molar-refractivity contribution is 5.91. The van der Waals surface area contributed by atoms with E-state index in [4.69, 9.17) is 4.74 Å². The molecular weight excluding hydrogens is 272 g/mol. The van der Waals surface area contributed by atoms with Crippen LogP contribution in [-0.4, -0.2) is 31.8 Å². The topological polar surface area (TPSA) is 76.7 Å². The number of methoxy groups -OCH3 is 2. The summed E-state index contributed by atoms with van der Waals surface area (Å²) in [5.74, 6) is 0.204. The lowest BCUT2D eigenvalue weighted by Gasteiger charge is -2.28. The summed E-state index contributed by atoms with van der Waals surface area (Å²) in [6.45, 7) is 3.69. The number of hydrogen-bond donors (Lipinski definition) is 2. The van der Waals surface area contributed by atoms with Crippen molar-refractivity contribution < 1.29 is 19.1 Å². The number of carbonyl (C=O) groups excluding carboxylic acids is 2. The summed E-state index contributed by atoms with van der Waals surface area (Å²) >= 11 is 0. The van der Waals surface area contributed by atoms with Crippen molar-refractivity contribution in [1.29, 1.82) is 0 Å². The van der Waals surface area contributed by atoms with Gasteiger partial charge in [0, 0.05) is 5.54 Å². The van der Waals surface area contributed by atoms with Crippen LogP contribution in [0.25, 0.3) is 0 Å². The van der Waals surface area contributed by atoms with E-state index in [1.54, 1.807) is 25.1 Å². The number of nitrogens with one attached hydrogen (secondary N) is 2. The molecule has 0 aliphatic carbocycles. The van der Waals surface area contributed by atoms with Gasteiger partial charge in [-0.15, -0.1) is 0 Å². The molecule has 0 aromatic heterocycles. The van der Waals surface area contributed by atoms with E-state index in [0.29, 0.717) is 17.9 Å². The van der Waals surface area contributed by atoms with Gasteiger partial charge in [-0.2, -0.15) is 0 Å². The van der Waals surface area contributed by atoms with E-state index in [1.165, 1.54) is 14.2 Å². The molecular formula is C15H22N2O4. The Morgan fingerprint density at radius 2 is 1.90 bits per heavy atom. The molecule has 6 nitrogen and oxygen atoms in total. The van der Waals surface area contributed by atoms with Crippen molar-refractivity contribution in [3.05, 3.63) is 24.3 Å². The molecule has 0 saturated carbocycles. The number of benzene rings is 1. The van der Waals surface area contributed by atoms with E-state index >= 15 is 0 Å². The molecule has 0 heterocycles. The summed E-state index contributed by atoms with van der Waals surface area (Å²) in [4.78, 5) is 23.5. The quantitative estimate of drug-likeness (QED) is 0.790. The molecule has 0 radical (unpaired) electrons. The highest BCUT2D eigenvalue weighted by Crippen LogP contribution is 2.23. The number of para-hydroxylation sites is 2. The van der Waals surface area contributed by atoms with Gasteiger partial charge in [0.05, 0.1) is 26.3 Å². The van der Waals surface area contributed by atoms with Crippen LogP contribution < -0.4 is 15.4 Å². The van der Waals surface area contributed by atoms with Crippen LogP contribution in [0.2, 0.25) is 0 Å². The molecule has 1 atom stereocenters. The predicted octanol–water partition coefficient (Wildman–Crippen LogP) is 2.55. The number of carbonyl (C=O) groups is 2. The van der Waals surface area contributed by atoms with Gasteiger partial charge in [-0.1, -0.05) is 19.1 Å². The fourth-order valence-corrected chi connectivity index (χ4v) is 1.82. The van der Waals surface area contributed by atoms with Crippen LogP contribution in [0.5, 0.6) is 5.75 Å². The van der Waals surface area contributed by atoms with Crippen molar-refractivity contribution in [2.24, 2.45) is 0 Å². The largest absolute Gasteiger partial charge is 0.495 e. The zero-order valence-electron chi connectivity index (χ0n) is 12.9. The summed E-state index contributed by atoms with van der Waals surface area (Å²) in [5.41, 5.74) is -0.104. The number of esters is 1. The van der Waals surface area contributed by atoms with E-state index in [2.05, 4.69) is 15.4 Å². The van der Waals surface area contributed by atoms with Crippen LogP contribution in [0.15, 0.2) is 24.3 Å². The average molecular weight is 294 g/mol. The lowest BCUT2D eigenvalue weighted by molar-refractivity contribution is -0.142. The Balaban J connectivity index is 2.73. The first kappa shape index (κ1) is 16.8. The van der Waals surface area contributed by atoms with Crippen molar-refractivity contribution in [2.75, 3.05) is 19.5 Å². The minimum Gasteiger partial charge on any atom is -0.495 e. The number of rotatable bonds is 6. The average Bonchev–Trinajstić information content (AvgIpc) is 2.47. The van der Waals surface area contributed by atoms with E-state index in [9.17, 15) is 9.59 Å². The van der Waals surface area contributed by atoms with Gasteiger partial charge >= 0.3 is 12.0 Å². The zero-order chi connectivity index (χ0) is 15.9. The summed E-state index contributed by atoms with van der Waals surface area (Å²) in [5, 5.41) is 5.52. The Kier molecular flexibility index (Phi) is 6.02. The van der Waals surface area contributed by atoms with E-state index < -0.39 is 11.6 Å². The monoisotopic (exact) mass is 294 g/mol. The second kappa shape index (κ2) is 7.52. The fraction of sp³-hybridized carbons (Fsp3) is 0.467. The lowest BCUT2D eigenvalue weighted by Crippen LogP contribution is -2.48. The van der Waals surface area contributed by atoms with E-state index in [-0.39, 0.29) is 12.4 Å². The molecule has 0 saturated heterocycles. The number of urea groups is 1. The first-order chi connectivity index (χ1) is 9.94. The Morgan fingerprint density at radius 1 is 1.24 bits per heavy atom. The minimum atomic E-state index is -0.667. The molecule has 2 amide bonds. The molecule has 0 unspecified atom stereocenters. The fourth-order valence-electron chi connectivity index (χ4n) is 1.82. The molecule has 2 N–H and O–H groups in total. The van der Waals surface area contributed by atoms with Crippen molar-refractivity contribution in [3.63, 3.8) is 0 Å². The SMILES string of the molecule is CC[C@](C)(CC(=O)OC)NC(=O)Nc1ccccc1OC. The van der Waals surface area contributed by atoms with Gasteiger partial charge < -0.3 is 20.1 Å². The molecule has 0 aliphatic heterocycles. The van der Waals surface area contributed by atoms with Crippen LogP contribution in [0.3, 0.4) is 0 Å². The molecule has 6 heteroatoms. The van der Waals surface area contributed by atoms with Crippen LogP contribution in [0.1, 0.15) is 26.7 Å². The molecule has 0 aliphatic rings. The third kappa shape index (κ3) is 4.98. The second-order valence-electron chi connectivity index (χ2n) is 4.95. The Labute approximate surface area is 124 Å². The first-order valence-corrected chi connectivity index (χ1v) is 6.73. The van der Waals surface area contributed by atoms with Crippen LogP contribution in [0, 0.1) is 0 Å². The number of amides is 2. The minimum absolute atomic E-state index is 0.110. The van der Waals surface area contributed by atoms with Crippen LogP contribution >= 0.6 is 0 Å². The molecule has 0 fully saturated rings. The van der Waals surface area contributed by atoms with Gasteiger partial charge in [-0.3, -0.25) is 4.79 Å². The highest BCUT2D eigenvalue weighted by atomic mass is 16.5. The second-order valence-corrected chi connectivity index (χ2v) is 4.95. The maximum Gasteiger partial charge on any atom is 0.319 e. The molecule has 1 aromatic carbocycles. The van der Waals surface area contributed by atoms with Crippen molar-refractivity contribution in [2.45, 2.75) is 32.2 Å². The number of anilines is 1. The first-order valence-electron chi connectivity index (χ1n) is 6.73. The Morgan fingerprint density at radius 3 is 2.48 bits per heavy atom. The van der Waals surface area contributed by atoms with Crippen LogP contribution in [0.4, 0.5) is 10.5 Å². The normalized spacial score (nSPS) is 13.0. The molecule has 0 spiro atoms. The maximum atomic E-state index is 12.1. The van der Waals surface area contributed by atoms with E-state index in [1.807, 2.05) is 13.0 Å². The van der Waals surface area contributed by atoms with Crippen LogP contribution in [-0.2, 0) is 9.53 Å². The van der Waals surface area contributed by atoms with Gasteiger partial charge in [0.2, 0.25) is 0 Å². The summed E-state index contributed by atoms with van der Waals surface area (Å²) in [7, 11) is 2.86.